The van der Waals surface area contributed by atoms with Crippen molar-refractivity contribution < 1.29 is 13.2 Å². The van der Waals surface area contributed by atoms with Gasteiger partial charge in [0, 0.05) is 30.9 Å². The van der Waals surface area contributed by atoms with Crippen molar-refractivity contribution >= 4 is 28.2 Å². The molecule has 0 fully saturated rings. The van der Waals surface area contributed by atoms with Crippen LogP contribution in [0.15, 0.2) is 42.9 Å². The number of aromatic nitrogens is 6. The number of nitrogens with two attached hydrogens (primary N) is 2. The number of fused-ring (bicyclic) bond motifs is 1. The molecule has 0 saturated carbocycles. The summed E-state index contributed by atoms with van der Waals surface area (Å²) in [6.45, 7) is 0. The maximum absolute atomic E-state index is 12.6. The molecule has 1 atom stereocenters. The zero-order chi connectivity index (χ0) is 22.2. The third-order valence-electron chi connectivity index (χ3n) is 4.64. The quantitative estimate of drug-likeness (QED) is 0.441. The summed E-state index contributed by atoms with van der Waals surface area (Å²) in [4.78, 5) is 12.8. The monoisotopic (exact) mass is 429 g/mol. The molecule has 31 heavy (non-hydrogen) atoms. The first-order chi connectivity index (χ1) is 14.7. The van der Waals surface area contributed by atoms with Gasteiger partial charge in [-0.15, -0.1) is 5.10 Å². The number of pyridine rings is 3. The van der Waals surface area contributed by atoms with Gasteiger partial charge >= 0.3 is 6.18 Å². The van der Waals surface area contributed by atoms with Gasteiger partial charge in [0.05, 0.1) is 18.3 Å². The van der Waals surface area contributed by atoms with E-state index in [0.29, 0.717) is 39.8 Å². The number of rotatable bonds is 5. The van der Waals surface area contributed by atoms with Crippen molar-refractivity contribution in [3.05, 3.63) is 48.4 Å². The van der Waals surface area contributed by atoms with Crippen LogP contribution in [0.1, 0.15) is 18.0 Å². The van der Waals surface area contributed by atoms with Crippen LogP contribution in [0.5, 0.6) is 0 Å². The minimum Gasteiger partial charge on any atom is -0.383 e. The highest BCUT2D eigenvalue weighted by molar-refractivity contribution is 5.94. The molecule has 0 saturated heterocycles. The maximum atomic E-state index is 12.6. The molecule has 0 amide bonds. The average molecular weight is 429 g/mol. The van der Waals surface area contributed by atoms with Crippen molar-refractivity contribution in [1.82, 2.24) is 29.9 Å². The van der Waals surface area contributed by atoms with Gasteiger partial charge in [0.2, 0.25) is 0 Å². The number of anilines is 3. The van der Waals surface area contributed by atoms with Crippen molar-refractivity contribution in [2.75, 3.05) is 11.1 Å². The molecule has 4 rings (SSSR count). The Bertz CT molecular complexity index is 1240. The van der Waals surface area contributed by atoms with Crippen LogP contribution in [0.2, 0.25) is 0 Å². The fourth-order valence-electron chi connectivity index (χ4n) is 3.14. The third kappa shape index (κ3) is 4.53. The second-order valence-electron chi connectivity index (χ2n) is 6.95. The first kappa shape index (κ1) is 20.5. The van der Waals surface area contributed by atoms with Gasteiger partial charge in [0.1, 0.15) is 23.1 Å². The van der Waals surface area contributed by atoms with Gasteiger partial charge in [-0.2, -0.15) is 13.2 Å². The standard InChI is InChI=1S/C19H18F3N9/c1-31-15(9-27-30-31)14-4-11-6-17(26-8-12(11)18(24)28-14)29-16-5-10(2-3-25-16)13(23)7-19(20,21)22/h2-6,8-9,13H,7,23H2,1H3,(H2,24,28)(H,25,26,29)/t13-/m0/s1. The van der Waals surface area contributed by atoms with E-state index in [1.54, 1.807) is 30.2 Å². The summed E-state index contributed by atoms with van der Waals surface area (Å²) in [5.41, 5.74) is 13.4. The van der Waals surface area contributed by atoms with Gasteiger partial charge in [-0.05, 0) is 35.2 Å². The van der Waals surface area contributed by atoms with Gasteiger partial charge in [0.15, 0.2) is 0 Å². The Labute approximate surface area is 174 Å². The molecule has 0 spiro atoms. The molecule has 0 aliphatic rings. The summed E-state index contributed by atoms with van der Waals surface area (Å²) < 4.78 is 39.5. The molecule has 4 aromatic heterocycles. The Morgan fingerprint density at radius 2 is 1.90 bits per heavy atom. The van der Waals surface area contributed by atoms with Crippen molar-refractivity contribution in [3.8, 4) is 11.4 Å². The zero-order valence-electron chi connectivity index (χ0n) is 16.3. The Morgan fingerprint density at radius 3 is 2.61 bits per heavy atom. The van der Waals surface area contributed by atoms with Crippen LogP contribution in [0, 0.1) is 0 Å². The fraction of sp³-hybridized carbons (Fsp3) is 0.211. The first-order valence-corrected chi connectivity index (χ1v) is 9.16. The first-order valence-electron chi connectivity index (χ1n) is 9.16. The predicted molar refractivity (Wildman–Crippen MR) is 109 cm³/mol. The molecule has 0 aliphatic carbocycles. The Kier molecular flexibility index (Phi) is 5.15. The van der Waals surface area contributed by atoms with Crippen LogP contribution < -0.4 is 16.8 Å². The molecule has 0 radical (unpaired) electrons. The number of hydrogen-bond donors (Lipinski definition) is 3. The van der Waals surface area contributed by atoms with E-state index < -0.39 is 18.6 Å². The molecule has 12 heteroatoms. The van der Waals surface area contributed by atoms with Gasteiger partial charge in [-0.1, -0.05) is 5.21 Å². The highest BCUT2D eigenvalue weighted by Gasteiger charge is 2.31. The van der Waals surface area contributed by atoms with E-state index in [1.807, 2.05) is 6.07 Å². The summed E-state index contributed by atoms with van der Waals surface area (Å²) in [7, 11) is 1.74. The van der Waals surface area contributed by atoms with Crippen molar-refractivity contribution in [3.63, 3.8) is 0 Å². The zero-order valence-corrected chi connectivity index (χ0v) is 16.3. The predicted octanol–water partition coefficient (Wildman–Crippen LogP) is 3.10. The van der Waals surface area contributed by atoms with Crippen LogP contribution in [-0.4, -0.2) is 36.1 Å². The van der Waals surface area contributed by atoms with Gasteiger partial charge < -0.3 is 16.8 Å². The SMILES string of the molecule is Cn1nncc1-c1cc2cc(Nc3cc([C@@H](N)CC(F)(F)F)ccn3)ncc2c(N)n1. The minimum atomic E-state index is -4.36. The lowest BCUT2D eigenvalue weighted by molar-refractivity contribution is -0.138. The third-order valence-corrected chi connectivity index (χ3v) is 4.64. The van der Waals surface area contributed by atoms with E-state index in [1.165, 1.54) is 18.3 Å². The summed E-state index contributed by atoms with van der Waals surface area (Å²) in [6, 6.07) is 5.30. The largest absolute Gasteiger partial charge is 0.390 e. The lowest BCUT2D eigenvalue weighted by Gasteiger charge is -2.15. The topological polar surface area (TPSA) is 133 Å². The van der Waals surface area contributed by atoms with Crippen LogP contribution in [-0.2, 0) is 7.05 Å². The van der Waals surface area contributed by atoms with Crippen LogP contribution in [0.25, 0.3) is 22.2 Å². The Morgan fingerprint density at radius 1 is 1.13 bits per heavy atom. The van der Waals surface area contributed by atoms with Crippen molar-refractivity contribution in [2.24, 2.45) is 12.8 Å². The van der Waals surface area contributed by atoms with Crippen molar-refractivity contribution in [2.45, 2.75) is 18.6 Å². The van der Waals surface area contributed by atoms with E-state index in [2.05, 4.69) is 30.6 Å². The Balaban J connectivity index is 1.63. The smallest absolute Gasteiger partial charge is 0.383 e. The number of alkyl halides is 3. The van der Waals surface area contributed by atoms with Gasteiger partial charge in [0.25, 0.3) is 0 Å². The van der Waals surface area contributed by atoms with E-state index in [0.717, 1.165) is 5.39 Å². The summed E-state index contributed by atoms with van der Waals surface area (Å²) in [5, 5.41) is 12.1. The molecule has 0 unspecified atom stereocenters. The number of halogens is 3. The maximum Gasteiger partial charge on any atom is 0.390 e. The number of nitrogens with zero attached hydrogens (tertiary/aromatic N) is 6. The van der Waals surface area contributed by atoms with E-state index >= 15 is 0 Å². The minimum absolute atomic E-state index is 0.297. The average Bonchev–Trinajstić information content (AvgIpc) is 3.12. The molecule has 0 aliphatic heterocycles. The molecule has 5 N–H and O–H groups in total. The van der Waals surface area contributed by atoms with E-state index in [9.17, 15) is 13.2 Å². The summed E-state index contributed by atoms with van der Waals surface area (Å²) in [6.07, 6.45) is -0.948. The second kappa shape index (κ2) is 7.80. The number of nitrogens with one attached hydrogen (secondary N) is 1. The molecule has 0 aromatic carbocycles. The number of hydrogen-bond acceptors (Lipinski definition) is 8. The number of nitrogen functional groups attached to an aromatic ring is 1. The molecular formula is C19H18F3N9. The van der Waals surface area contributed by atoms with E-state index in [-0.39, 0.29) is 0 Å². The van der Waals surface area contributed by atoms with Crippen LogP contribution in [0.3, 0.4) is 0 Å². The molecule has 9 nitrogen and oxygen atoms in total. The molecular weight excluding hydrogens is 411 g/mol. The molecule has 0 bridgehead atoms. The van der Waals surface area contributed by atoms with Crippen LogP contribution in [0.4, 0.5) is 30.6 Å². The normalized spacial score (nSPS) is 12.8. The highest BCUT2D eigenvalue weighted by atomic mass is 19.4. The number of aryl methyl sites for hydroxylation is 1. The molecule has 160 valence electrons. The lowest BCUT2D eigenvalue weighted by Crippen LogP contribution is -2.20. The fourth-order valence-corrected chi connectivity index (χ4v) is 3.14. The molecule has 4 aromatic rings. The van der Waals surface area contributed by atoms with Gasteiger partial charge in [-0.3, -0.25) is 0 Å². The van der Waals surface area contributed by atoms with Crippen molar-refractivity contribution in [1.29, 1.82) is 0 Å². The summed E-state index contributed by atoms with van der Waals surface area (Å²) >= 11 is 0. The Hall–Kier alpha value is -3.80. The molecule has 4 heterocycles. The summed E-state index contributed by atoms with van der Waals surface area (Å²) in [5.74, 6) is 1.05. The van der Waals surface area contributed by atoms with Crippen LogP contribution >= 0.6 is 0 Å². The lowest BCUT2D eigenvalue weighted by atomic mass is 10.1. The van der Waals surface area contributed by atoms with Gasteiger partial charge in [-0.25, -0.2) is 19.6 Å². The highest BCUT2D eigenvalue weighted by Crippen LogP contribution is 2.30. The van der Waals surface area contributed by atoms with E-state index in [4.69, 9.17) is 11.5 Å². The second-order valence-corrected chi connectivity index (χ2v) is 6.95.